The molecular formula is C12H13BrN2S2. The fraction of sp³-hybridized carbons (Fsp3) is 0.417. The van der Waals surface area contributed by atoms with Crippen LogP contribution in [0.25, 0.3) is 10.6 Å². The Morgan fingerprint density at radius 3 is 3.00 bits per heavy atom. The molecule has 0 spiro atoms. The van der Waals surface area contributed by atoms with Crippen molar-refractivity contribution < 1.29 is 0 Å². The number of nitrogens with one attached hydrogen (secondary N) is 1. The van der Waals surface area contributed by atoms with E-state index in [1.165, 1.54) is 29.1 Å². The Morgan fingerprint density at radius 1 is 1.35 bits per heavy atom. The first-order chi connectivity index (χ1) is 8.33. The van der Waals surface area contributed by atoms with Gasteiger partial charge in [-0.25, -0.2) is 4.98 Å². The van der Waals surface area contributed by atoms with Gasteiger partial charge in [-0.1, -0.05) is 6.42 Å². The van der Waals surface area contributed by atoms with E-state index in [-0.39, 0.29) is 0 Å². The normalized spacial score (nSPS) is 20.6. The standard InChI is InChI=1S/C12H13BrN2S2/c13-11-5-4-10(17-11)9-7-16-12(15-9)8-3-1-2-6-14-8/h4-5,7-8,14H,1-3,6H2/t8-/m1/s1. The maximum Gasteiger partial charge on any atom is 0.110 e. The third-order valence-corrected chi connectivity index (χ3v) is 5.56. The Labute approximate surface area is 117 Å². The molecule has 1 N–H and O–H groups in total. The fourth-order valence-electron chi connectivity index (χ4n) is 2.08. The molecule has 0 amide bonds. The summed E-state index contributed by atoms with van der Waals surface area (Å²) in [7, 11) is 0. The molecule has 2 aromatic heterocycles. The average Bonchev–Trinajstić information content (AvgIpc) is 2.98. The summed E-state index contributed by atoms with van der Waals surface area (Å²) in [6, 6.07) is 4.69. The van der Waals surface area contributed by atoms with Crippen LogP contribution in [0.15, 0.2) is 21.3 Å². The SMILES string of the molecule is Brc1ccc(-c2csc([C@H]3CCCCN3)n2)s1. The molecule has 1 aliphatic heterocycles. The summed E-state index contributed by atoms with van der Waals surface area (Å²) in [4.78, 5) is 6.01. The van der Waals surface area contributed by atoms with Crippen molar-refractivity contribution in [3.8, 4) is 10.6 Å². The topological polar surface area (TPSA) is 24.9 Å². The average molecular weight is 329 g/mol. The van der Waals surface area contributed by atoms with Gasteiger partial charge in [-0.05, 0) is 47.4 Å². The van der Waals surface area contributed by atoms with Gasteiger partial charge >= 0.3 is 0 Å². The zero-order chi connectivity index (χ0) is 11.7. The molecule has 1 fully saturated rings. The number of halogens is 1. The molecule has 5 heteroatoms. The number of hydrogen-bond acceptors (Lipinski definition) is 4. The summed E-state index contributed by atoms with van der Waals surface area (Å²) in [5.41, 5.74) is 1.12. The minimum absolute atomic E-state index is 0.478. The van der Waals surface area contributed by atoms with E-state index < -0.39 is 0 Å². The predicted molar refractivity (Wildman–Crippen MR) is 77.7 cm³/mol. The second kappa shape index (κ2) is 5.18. The molecule has 1 aliphatic rings. The molecule has 1 saturated heterocycles. The molecule has 3 rings (SSSR count). The number of thiophene rings is 1. The van der Waals surface area contributed by atoms with E-state index in [1.807, 2.05) is 0 Å². The van der Waals surface area contributed by atoms with Crippen molar-refractivity contribution in [2.45, 2.75) is 25.3 Å². The smallest absolute Gasteiger partial charge is 0.110 e. The third-order valence-electron chi connectivity index (χ3n) is 2.96. The van der Waals surface area contributed by atoms with E-state index >= 15 is 0 Å². The van der Waals surface area contributed by atoms with E-state index in [0.29, 0.717) is 6.04 Å². The monoisotopic (exact) mass is 328 g/mol. The van der Waals surface area contributed by atoms with Crippen molar-refractivity contribution >= 4 is 38.6 Å². The van der Waals surface area contributed by atoms with Crippen LogP contribution in [0.3, 0.4) is 0 Å². The van der Waals surface area contributed by atoms with E-state index in [2.05, 4.69) is 38.8 Å². The van der Waals surface area contributed by atoms with E-state index in [9.17, 15) is 0 Å². The van der Waals surface area contributed by atoms with Crippen molar-refractivity contribution in [2.24, 2.45) is 0 Å². The van der Waals surface area contributed by atoms with Gasteiger partial charge in [0.15, 0.2) is 0 Å². The predicted octanol–water partition coefficient (Wildman–Crippen LogP) is 4.45. The van der Waals surface area contributed by atoms with Crippen molar-refractivity contribution in [1.29, 1.82) is 0 Å². The van der Waals surface area contributed by atoms with Crippen LogP contribution in [-0.4, -0.2) is 11.5 Å². The molecule has 0 radical (unpaired) electrons. The Hall–Kier alpha value is -0.230. The maximum atomic E-state index is 4.76. The maximum absolute atomic E-state index is 4.76. The Bertz CT molecular complexity index is 500. The van der Waals surface area contributed by atoms with Gasteiger partial charge in [-0.3, -0.25) is 0 Å². The summed E-state index contributed by atoms with van der Waals surface area (Å²) in [6.45, 7) is 1.13. The van der Waals surface area contributed by atoms with Crippen LogP contribution in [0.1, 0.15) is 30.3 Å². The molecule has 2 aromatic rings. The quantitative estimate of drug-likeness (QED) is 0.880. The van der Waals surface area contributed by atoms with Crippen molar-refractivity contribution in [1.82, 2.24) is 10.3 Å². The first-order valence-electron chi connectivity index (χ1n) is 5.77. The highest BCUT2D eigenvalue weighted by atomic mass is 79.9. The van der Waals surface area contributed by atoms with E-state index in [1.54, 1.807) is 22.7 Å². The van der Waals surface area contributed by atoms with Gasteiger partial charge in [0.1, 0.15) is 5.01 Å². The van der Waals surface area contributed by atoms with Crippen molar-refractivity contribution in [3.05, 3.63) is 26.3 Å². The highest BCUT2D eigenvalue weighted by molar-refractivity contribution is 9.11. The highest BCUT2D eigenvalue weighted by Gasteiger charge is 2.18. The van der Waals surface area contributed by atoms with Gasteiger partial charge < -0.3 is 5.32 Å². The molecule has 0 aliphatic carbocycles. The van der Waals surface area contributed by atoms with Gasteiger partial charge in [0.2, 0.25) is 0 Å². The van der Waals surface area contributed by atoms with Crippen LogP contribution in [0.5, 0.6) is 0 Å². The molecule has 2 nitrogen and oxygen atoms in total. The number of piperidine rings is 1. The lowest BCUT2D eigenvalue weighted by molar-refractivity contribution is 0.411. The first kappa shape index (κ1) is 11.8. The lowest BCUT2D eigenvalue weighted by atomic mass is 10.1. The molecule has 90 valence electrons. The molecule has 3 heterocycles. The van der Waals surface area contributed by atoms with Gasteiger partial charge in [-0.15, -0.1) is 22.7 Å². The third kappa shape index (κ3) is 2.62. The highest BCUT2D eigenvalue weighted by Crippen LogP contribution is 2.34. The van der Waals surface area contributed by atoms with E-state index in [0.717, 1.165) is 16.0 Å². The number of nitrogens with zero attached hydrogens (tertiary/aromatic N) is 1. The molecule has 0 saturated carbocycles. The van der Waals surface area contributed by atoms with E-state index in [4.69, 9.17) is 4.98 Å². The summed E-state index contributed by atoms with van der Waals surface area (Å²) < 4.78 is 1.16. The minimum Gasteiger partial charge on any atom is -0.308 e. The first-order valence-corrected chi connectivity index (χ1v) is 8.26. The fourth-order valence-corrected chi connectivity index (χ4v) is 4.43. The Morgan fingerprint density at radius 2 is 2.29 bits per heavy atom. The Kier molecular flexibility index (Phi) is 3.61. The molecule has 1 atom stereocenters. The Balaban J connectivity index is 1.82. The second-order valence-corrected chi connectivity index (χ2v) is 7.53. The molecule has 0 unspecified atom stereocenters. The lowest BCUT2D eigenvalue weighted by Gasteiger charge is -2.21. The van der Waals surface area contributed by atoms with Crippen LogP contribution >= 0.6 is 38.6 Å². The summed E-state index contributed by atoms with van der Waals surface area (Å²) in [6.07, 6.45) is 3.84. The van der Waals surface area contributed by atoms with Crippen LogP contribution < -0.4 is 5.32 Å². The summed E-state index contributed by atoms with van der Waals surface area (Å²) >= 11 is 7.01. The number of aromatic nitrogens is 1. The zero-order valence-corrected chi connectivity index (χ0v) is 12.5. The largest absolute Gasteiger partial charge is 0.308 e. The number of thiazole rings is 1. The zero-order valence-electron chi connectivity index (χ0n) is 9.28. The second-order valence-electron chi connectivity index (χ2n) is 4.18. The number of hydrogen-bond donors (Lipinski definition) is 1. The van der Waals surface area contributed by atoms with Crippen LogP contribution in [0, 0.1) is 0 Å². The van der Waals surface area contributed by atoms with Crippen LogP contribution in [0.4, 0.5) is 0 Å². The van der Waals surface area contributed by atoms with Gasteiger partial charge in [-0.2, -0.15) is 0 Å². The molecule has 0 bridgehead atoms. The van der Waals surface area contributed by atoms with Crippen molar-refractivity contribution in [2.75, 3.05) is 6.54 Å². The van der Waals surface area contributed by atoms with Crippen LogP contribution in [0.2, 0.25) is 0 Å². The lowest BCUT2D eigenvalue weighted by Crippen LogP contribution is -2.26. The van der Waals surface area contributed by atoms with Gasteiger partial charge in [0, 0.05) is 5.38 Å². The van der Waals surface area contributed by atoms with Crippen LogP contribution in [-0.2, 0) is 0 Å². The number of rotatable bonds is 2. The molecular weight excluding hydrogens is 316 g/mol. The van der Waals surface area contributed by atoms with Gasteiger partial charge in [0.05, 0.1) is 20.4 Å². The minimum atomic E-state index is 0.478. The van der Waals surface area contributed by atoms with Gasteiger partial charge in [0.25, 0.3) is 0 Å². The summed E-state index contributed by atoms with van der Waals surface area (Å²) in [5, 5.41) is 6.96. The summed E-state index contributed by atoms with van der Waals surface area (Å²) in [5.74, 6) is 0. The molecule has 17 heavy (non-hydrogen) atoms. The van der Waals surface area contributed by atoms with Crippen molar-refractivity contribution in [3.63, 3.8) is 0 Å². The molecule has 0 aromatic carbocycles.